The van der Waals surface area contributed by atoms with E-state index in [1.54, 1.807) is 31.4 Å². The van der Waals surface area contributed by atoms with Gasteiger partial charge in [0.05, 0.1) is 7.11 Å². The van der Waals surface area contributed by atoms with Crippen LogP contribution in [-0.2, 0) is 0 Å². The van der Waals surface area contributed by atoms with Gasteiger partial charge in [0.1, 0.15) is 5.75 Å². The third-order valence-corrected chi connectivity index (χ3v) is 5.46. The van der Waals surface area contributed by atoms with Gasteiger partial charge in [-0.25, -0.2) is 0 Å². The second kappa shape index (κ2) is 8.37. The van der Waals surface area contributed by atoms with Crippen LogP contribution in [0.2, 0.25) is 0 Å². The summed E-state index contributed by atoms with van der Waals surface area (Å²) in [6.45, 7) is 3.42. The number of anilines is 1. The molecule has 0 bridgehead atoms. The van der Waals surface area contributed by atoms with Gasteiger partial charge in [0, 0.05) is 17.3 Å². The first-order valence-electron chi connectivity index (χ1n) is 9.34. The molecule has 1 amide bonds. The van der Waals surface area contributed by atoms with Gasteiger partial charge in [-0.2, -0.15) is 0 Å². The van der Waals surface area contributed by atoms with Gasteiger partial charge in [-0.1, -0.05) is 31.5 Å². The van der Waals surface area contributed by atoms with Crippen LogP contribution in [-0.4, -0.2) is 37.6 Å². The number of carbonyl (C=O) groups excluding carboxylic acids is 1. The van der Waals surface area contributed by atoms with Gasteiger partial charge in [0.15, 0.2) is 0 Å². The molecule has 2 aromatic carbocycles. The second-order valence-electron chi connectivity index (χ2n) is 7.10. The molecule has 0 aromatic heterocycles. The zero-order valence-corrected chi connectivity index (χ0v) is 15.9. The number of amides is 1. The summed E-state index contributed by atoms with van der Waals surface area (Å²) in [5, 5.41) is 3.10. The second-order valence-corrected chi connectivity index (χ2v) is 7.10. The van der Waals surface area contributed by atoms with Crippen molar-refractivity contribution in [3.05, 3.63) is 59.7 Å². The molecule has 1 fully saturated rings. The van der Waals surface area contributed by atoms with E-state index >= 15 is 0 Å². The van der Waals surface area contributed by atoms with E-state index < -0.39 is 0 Å². The lowest BCUT2D eigenvalue weighted by atomic mass is 9.86. The van der Waals surface area contributed by atoms with Crippen molar-refractivity contribution in [3.63, 3.8) is 0 Å². The number of para-hydroxylation sites is 1. The summed E-state index contributed by atoms with van der Waals surface area (Å²) in [7, 11) is 3.83. The number of likely N-dealkylation sites (N-methyl/N-ethyl adjacent to an activating group) is 1. The first kappa shape index (κ1) is 18.5. The average molecular weight is 352 g/mol. The molecule has 26 heavy (non-hydrogen) atoms. The smallest absolute Gasteiger partial charge is 0.255 e. The summed E-state index contributed by atoms with van der Waals surface area (Å²) < 4.78 is 5.16. The summed E-state index contributed by atoms with van der Waals surface area (Å²) in [5.74, 6) is 1.02. The van der Waals surface area contributed by atoms with Gasteiger partial charge in [0.2, 0.25) is 0 Å². The van der Waals surface area contributed by atoms with Crippen molar-refractivity contribution in [2.24, 2.45) is 0 Å². The van der Waals surface area contributed by atoms with E-state index in [2.05, 4.69) is 36.3 Å². The maximum absolute atomic E-state index is 12.7. The first-order chi connectivity index (χ1) is 12.6. The Bertz CT molecular complexity index is 742. The lowest BCUT2D eigenvalue weighted by Crippen LogP contribution is -2.39. The lowest BCUT2D eigenvalue weighted by molar-refractivity contribution is 0.102. The van der Waals surface area contributed by atoms with Gasteiger partial charge in [-0.15, -0.1) is 0 Å². The van der Waals surface area contributed by atoms with Crippen molar-refractivity contribution in [2.45, 2.75) is 38.1 Å². The van der Waals surface area contributed by atoms with Crippen LogP contribution in [0.15, 0.2) is 48.5 Å². The monoisotopic (exact) mass is 352 g/mol. The van der Waals surface area contributed by atoms with E-state index in [0.29, 0.717) is 17.5 Å². The minimum atomic E-state index is -0.0932. The topological polar surface area (TPSA) is 41.6 Å². The average Bonchev–Trinajstić information content (AvgIpc) is 2.68. The number of likely N-dealkylation sites (tertiary alicyclic amines) is 1. The predicted molar refractivity (Wildman–Crippen MR) is 106 cm³/mol. The minimum absolute atomic E-state index is 0.0932. The molecule has 138 valence electrons. The van der Waals surface area contributed by atoms with Crippen LogP contribution in [0.5, 0.6) is 5.75 Å². The Kier molecular flexibility index (Phi) is 5.94. The first-order valence-corrected chi connectivity index (χ1v) is 9.34. The zero-order chi connectivity index (χ0) is 18.5. The Hall–Kier alpha value is -2.33. The SMILES string of the molecule is COc1ccc(C(=O)Nc2ccccc2C(C)C2CCCCN2C)cc1. The van der Waals surface area contributed by atoms with Gasteiger partial charge in [-0.05, 0) is 68.2 Å². The normalized spacial score (nSPS) is 19.0. The van der Waals surface area contributed by atoms with E-state index in [9.17, 15) is 4.79 Å². The summed E-state index contributed by atoms with van der Waals surface area (Å²) in [6.07, 6.45) is 3.76. The molecule has 4 nitrogen and oxygen atoms in total. The Morgan fingerprint density at radius 3 is 2.58 bits per heavy atom. The van der Waals surface area contributed by atoms with E-state index in [1.807, 2.05) is 12.1 Å². The van der Waals surface area contributed by atoms with Crippen LogP contribution in [0, 0.1) is 0 Å². The zero-order valence-electron chi connectivity index (χ0n) is 15.9. The highest BCUT2D eigenvalue weighted by Crippen LogP contribution is 2.33. The maximum atomic E-state index is 12.7. The minimum Gasteiger partial charge on any atom is -0.497 e. The number of piperidine rings is 1. The van der Waals surface area contributed by atoms with Crippen molar-refractivity contribution < 1.29 is 9.53 Å². The molecule has 2 atom stereocenters. The van der Waals surface area contributed by atoms with Gasteiger partial charge in [-0.3, -0.25) is 4.79 Å². The molecular weight excluding hydrogens is 324 g/mol. The number of carbonyl (C=O) groups is 1. The number of hydrogen-bond acceptors (Lipinski definition) is 3. The van der Waals surface area contributed by atoms with Crippen LogP contribution in [0.3, 0.4) is 0 Å². The van der Waals surface area contributed by atoms with Crippen LogP contribution >= 0.6 is 0 Å². The Morgan fingerprint density at radius 2 is 1.88 bits per heavy atom. The van der Waals surface area contributed by atoms with Gasteiger partial charge >= 0.3 is 0 Å². The highest BCUT2D eigenvalue weighted by molar-refractivity contribution is 6.04. The van der Waals surface area contributed by atoms with Crippen molar-refractivity contribution in [2.75, 3.05) is 26.0 Å². The molecule has 4 heteroatoms. The number of methoxy groups -OCH3 is 1. The Morgan fingerprint density at radius 1 is 1.15 bits per heavy atom. The summed E-state index contributed by atoms with van der Waals surface area (Å²) >= 11 is 0. The molecule has 3 rings (SSSR count). The van der Waals surface area contributed by atoms with Crippen molar-refractivity contribution in [1.82, 2.24) is 4.90 Å². The van der Waals surface area contributed by atoms with Gasteiger partial charge in [0.25, 0.3) is 5.91 Å². The molecule has 1 N–H and O–H groups in total. The van der Waals surface area contributed by atoms with E-state index in [4.69, 9.17) is 4.74 Å². The fourth-order valence-electron chi connectivity index (χ4n) is 3.88. The summed E-state index contributed by atoms with van der Waals surface area (Å²) in [4.78, 5) is 15.1. The highest BCUT2D eigenvalue weighted by Gasteiger charge is 2.27. The van der Waals surface area contributed by atoms with E-state index in [-0.39, 0.29) is 5.91 Å². The van der Waals surface area contributed by atoms with Crippen molar-refractivity contribution in [1.29, 1.82) is 0 Å². The Balaban J connectivity index is 1.78. The predicted octanol–water partition coefficient (Wildman–Crippen LogP) is 4.54. The molecule has 2 aromatic rings. The highest BCUT2D eigenvalue weighted by atomic mass is 16.5. The molecule has 1 aliphatic heterocycles. The fraction of sp³-hybridized carbons (Fsp3) is 0.409. The third-order valence-electron chi connectivity index (χ3n) is 5.46. The molecule has 1 saturated heterocycles. The maximum Gasteiger partial charge on any atom is 0.255 e. The van der Waals surface area contributed by atoms with Crippen molar-refractivity contribution in [3.8, 4) is 5.75 Å². The molecule has 2 unspecified atom stereocenters. The number of nitrogens with zero attached hydrogens (tertiary/aromatic N) is 1. The van der Waals surface area contributed by atoms with E-state index in [1.165, 1.54) is 24.8 Å². The largest absolute Gasteiger partial charge is 0.497 e. The summed E-state index contributed by atoms with van der Waals surface area (Å²) in [6, 6.07) is 15.9. The molecular formula is C22H28N2O2. The molecule has 1 heterocycles. The molecule has 0 aliphatic carbocycles. The quantitative estimate of drug-likeness (QED) is 0.859. The Labute approximate surface area is 156 Å². The van der Waals surface area contributed by atoms with Crippen molar-refractivity contribution >= 4 is 11.6 Å². The number of ether oxygens (including phenoxy) is 1. The molecule has 1 aliphatic rings. The number of hydrogen-bond donors (Lipinski definition) is 1. The molecule has 0 radical (unpaired) electrons. The number of rotatable bonds is 5. The van der Waals surface area contributed by atoms with Gasteiger partial charge < -0.3 is 15.0 Å². The van der Waals surface area contributed by atoms with Crippen LogP contribution in [0.25, 0.3) is 0 Å². The summed E-state index contributed by atoms with van der Waals surface area (Å²) in [5.41, 5.74) is 2.73. The number of nitrogens with one attached hydrogen (secondary N) is 1. The van der Waals surface area contributed by atoms with Crippen LogP contribution in [0.1, 0.15) is 48.0 Å². The molecule has 0 spiro atoms. The fourth-order valence-corrected chi connectivity index (χ4v) is 3.88. The third kappa shape index (κ3) is 4.07. The van der Waals surface area contributed by atoms with Crippen LogP contribution in [0.4, 0.5) is 5.69 Å². The van der Waals surface area contributed by atoms with E-state index in [0.717, 1.165) is 18.0 Å². The standard InChI is InChI=1S/C22H28N2O2/c1-16(21-10-6-7-15-24(21)2)19-8-4-5-9-20(19)23-22(25)17-11-13-18(26-3)14-12-17/h4-5,8-9,11-14,16,21H,6-7,10,15H2,1-3H3,(H,23,25). The number of benzene rings is 2. The lowest BCUT2D eigenvalue weighted by Gasteiger charge is -2.37. The van der Waals surface area contributed by atoms with Crippen LogP contribution < -0.4 is 10.1 Å². The molecule has 0 saturated carbocycles.